The molecule has 2 nitrogen and oxygen atoms in total. The number of benzene rings is 1. The molecule has 24 heavy (non-hydrogen) atoms. The number of carbonyl (C=O) groups is 1. The van der Waals surface area contributed by atoms with Crippen molar-refractivity contribution in [3.8, 4) is 0 Å². The predicted molar refractivity (Wildman–Crippen MR) is 101 cm³/mol. The average Bonchev–Trinajstić information content (AvgIpc) is 2.87. The second kappa shape index (κ2) is 7.08. The van der Waals surface area contributed by atoms with Crippen molar-refractivity contribution >= 4 is 23.8 Å². The average molecular weight is 342 g/mol. The van der Waals surface area contributed by atoms with E-state index in [2.05, 4.69) is 36.1 Å². The van der Waals surface area contributed by atoms with Crippen LogP contribution >= 0.6 is 12.4 Å². The number of carbonyl (C=O) groups excluding carboxylic acids is 1. The number of nitrogens with zero attached hydrogens (tertiary/aromatic N) is 1. The van der Waals surface area contributed by atoms with Crippen LogP contribution < -0.4 is 0 Å². The summed E-state index contributed by atoms with van der Waals surface area (Å²) in [6.45, 7) is 5.52. The predicted octanol–water partition coefficient (Wildman–Crippen LogP) is 4.39. The zero-order valence-electron chi connectivity index (χ0n) is 14.1. The molecule has 0 amide bonds. The first kappa shape index (κ1) is 17.2. The number of allylic oxidation sites excluding steroid dienone is 5. The van der Waals surface area contributed by atoms with Crippen molar-refractivity contribution in [3.63, 3.8) is 0 Å². The first-order valence-corrected chi connectivity index (χ1v) is 8.64. The van der Waals surface area contributed by atoms with Gasteiger partial charge < -0.3 is 4.90 Å². The number of ketones is 1. The molecule has 0 spiro atoms. The van der Waals surface area contributed by atoms with Crippen molar-refractivity contribution in [1.82, 2.24) is 4.90 Å². The number of piperidine rings is 1. The van der Waals surface area contributed by atoms with Gasteiger partial charge in [-0.2, -0.15) is 0 Å². The van der Waals surface area contributed by atoms with Crippen LogP contribution in [0.4, 0.5) is 0 Å². The van der Waals surface area contributed by atoms with Crippen LogP contribution in [0.15, 0.2) is 54.1 Å². The van der Waals surface area contributed by atoms with Crippen LogP contribution in [0.1, 0.15) is 36.8 Å². The Hall–Kier alpha value is -1.64. The number of rotatable bonds is 3. The molecule has 126 valence electrons. The summed E-state index contributed by atoms with van der Waals surface area (Å²) in [6, 6.07) is 8.86. The number of hydrogen-bond acceptors (Lipinski definition) is 2. The van der Waals surface area contributed by atoms with E-state index in [1.807, 2.05) is 18.2 Å². The zero-order chi connectivity index (χ0) is 15.8. The molecule has 3 aliphatic rings. The normalized spacial score (nSPS) is 25.5. The van der Waals surface area contributed by atoms with Crippen LogP contribution in [-0.2, 0) is 4.79 Å². The highest BCUT2D eigenvalue weighted by molar-refractivity contribution is 5.94. The van der Waals surface area contributed by atoms with Gasteiger partial charge in [-0.1, -0.05) is 48.1 Å². The van der Waals surface area contributed by atoms with Crippen molar-refractivity contribution in [2.24, 2.45) is 5.92 Å². The molecule has 0 saturated carbocycles. The molecular formula is C21H24ClNO. The summed E-state index contributed by atoms with van der Waals surface area (Å²) in [5, 5.41) is 0. The Kier molecular flexibility index (Phi) is 5.07. The lowest BCUT2D eigenvalue weighted by molar-refractivity contribution is -0.117. The quantitative estimate of drug-likeness (QED) is 0.812. The van der Waals surface area contributed by atoms with Crippen LogP contribution in [0.5, 0.6) is 0 Å². The van der Waals surface area contributed by atoms with Crippen LogP contribution in [0.2, 0.25) is 0 Å². The highest BCUT2D eigenvalue weighted by atomic mass is 35.5. The third-order valence-corrected chi connectivity index (χ3v) is 5.62. The molecule has 4 rings (SSSR count). The molecule has 3 heteroatoms. The van der Waals surface area contributed by atoms with E-state index >= 15 is 0 Å². The fourth-order valence-electron chi connectivity index (χ4n) is 4.29. The van der Waals surface area contributed by atoms with Gasteiger partial charge in [0.1, 0.15) is 0 Å². The topological polar surface area (TPSA) is 20.3 Å². The molecule has 1 fully saturated rings. The van der Waals surface area contributed by atoms with Crippen molar-refractivity contribution in [1.29, 1.82) is 0 Å². The summed E-state index contributed by atoms with van der Waals surface area (Å²) >= 11 is 0. The Morgan fingerprint density at radius 3 is 2.88 bits per heavy atom. The van der Waals surface area contributed by atoms with E-state index < -0.39 is 0 Å². The second-order valence-corrected chi connectivity index (χ2v) is 6.88. The lowest BCUT2D eigenvalue weighted by Crippen LogP contribution is -2.36. The minimum Gasteiger partial charge on any atom is -0.302 e. The summed E-state index contributed by atoms with van der Waals surface area (Å²) in [5.74, 6) is 0.902. The van der Waals surface area contributed by atoms with E-state index in [0.717, 1.165) is 26.1 Å². The van der Waals surface area contributed by atoms with Crippen molar-refractivity contribution in [2.45, 2.75) is 25.7 Å². The molecule has 2 unspecified atom stereocenters. The fourth-order valence-corrected chi connectivity index (χ4v) is 4.29. The largest absolute Gasteiger partial charge is 0.302 e. The third-order valence-electron chi connectivity index (χ3n) is 5.62. The second-order valence-electron chi connectivity index (χ2n) is 6.88. The Labute approximate surface area is 150 Å². The van der Waals surface area contributed by atoms with E-state index in [4.69, 9.17) is 0 Å². The Morgan fingerprint density at radius 1 is 1.21 bits per heavy atom. The number of halogens is 1. The van der Waals surface area contributed by atoms with Gasteiger partial charge >= 0.3 is 0 Å². The van der Waals surface area contributed by atoms with Gasteiger partial charge in [-0.3, -0.25) is 4.79 Å². The maximum atomic E-state index is 11.9. The third kappa shape index (κ3) is 3.01. The summed E-state index contributed by atoms with van der Waals surface area (Å²) in [7, 11) is 0. The van der Waals surface area contributed by atoms with Crippen molar-refractivity contribution in [2.75, 3.05) is 19.6 Å². The molecule has 1 saturated heterocycles. The van der Waals surface area contributed by atoms with Crippen LogP contribution in [0.3, 0.4) is 0 Å². The number of hydrogen-bond donors (Lipinski definition) is 0. The van der Waals surface area contributed by atoms with E-state index in [1.165, 1.54) is 23.1 Å². The Bertz CT molecular complexity index is 731. The minimum atomic E-state index is 0. The van der Waals surface area contributed by atoms with Gasteiger partial charge in [-0.05, 0) is 49.1 Å². The van der Waals surface area contributed by atoms with E-state index in [0.29, 0.717) is 5.92 Å². The summed E-state index contributed by atoms with van der Waals surface area (Å²) < 4.78 is 0. The minimum absolute atomic E-state index is 0. The molecule has 2 aliphatic carbocycles. The van der Waals surface area contributed by atoms with Crippen LogP contribution in [-0.4, -0.2) is 30.3 Å². The highest BCUT2D eigenvalue weighted by Gasteiger charge is 2.33. The molecule has 1 heterocycles. The highest BCUT2D eigenvalue weighted by Crippen LogP contribution is 2.45. The molecule has 0 N–H and O–H groups in total. The van der Waals surface area contributed by atoms with Gasteiger partial charge in [0.25, 0.3) is 0 Å². The Morgan fingerprint density at radius 2 is 2.04 bits per heavy atom. The summed E-state index contributed by atoms with van der Waals surface area (Å²) in [4.78, 5) is 14.4. The number of fused-ring (bicyclic) bond motifs is 3. The molecule has 1 aliphatic heterocycles. The van der Waals surface area contributed by atoms with Gasteiger partial charge in [0.05, 0.1) is 0 Å². The maximum Gasteiger partial charge on any atom is 0.162 e. The zero-order valence-corrected chi connectivity index (χ0v) is 14.9. The van der Waals surface area contributed by atoms with Crippen LogP contribution in [0, 0.1) is 5.92 Å². The maximum absolute atomic E-state index is 11.9. The molecule has 2 atom stereocenters. The Balaban J connectivity index is 0.00000169. The van der Waals surface area contributed by atoms with Gasteiger partial charge in [-0.25, -0.2) is 0 Å². The van der Waals surface area contributed by atoms with Crippen molar-refractivity contribution in [3.05, 3.63) is 65.3 Å². The van der Waals surface area contributed by atoms with Crippen LogP contribution in [0.25, 0.3) is 5.57 Å². The van der Waals surface area contributed by atoms with Crippen molar-refractivity contribution < 1.29 is 4.79 Å². The van der Waals surface area contributed by atoms with E-state index in [1.54, 1.807) is 11.6 Å². The van der Waals surface area contributed by atoms with Gasteiger partial charge in [0.15, 0.2) is 5.78 Å². The number of likely N-dealkylation sites (tertiary alicyclic amines) is 1. The molecule has 0 bridgehead atoms. The van der Waals surface area contributed by atoms with E-state index in [-0.39, 0.29) is 24.1 Å². The SMILES string of the molecule is CC1=C2CCN(CCC3C=CC=CC3=O)CC2c2ccccc21.Cl. The summed E-state index contributed by atoms with van der Waals surface area (Å²) in [5.41, 5.74) is 6.09. The molecule has 1 aromatic rings. The lowest BCUT2D eigenvalue weighted by atomic mass is 9.89. The van der Waals surface area contributed by atoms with Gasteiger partial charge in [0, 0.05) is 24.9 Å². The standard InChI is InChI=1S/C21H23NO.ClH/c1-15-17-7-3-4-8-19(17)20-14-22(13-11-18(15)20)12-10-16-6-2-5-9-21(16)23;/h2-9,16,20H,10-14H2,1H3;1H. The van der Waals surface area contributed by atoms with Gasteiger partial charge in [0.2, 0.25) is 0 Å². The van der Waals surface area contributed by atoms with Gasteiger partial charge in [-0.15, -0.1) is 12.4 Å². The fraction of sp³-hybridized carbons (Fsp3) is 0.381. The van der Waals surface area contributed by atoms with E-state index in [9.17, 15) is 4.79 Å². The first-order chi connectivity index (χ1) is 11.2. The molecule has 0 radical (unpaired) electrons. The molecule has 1 aromatic carbocycles. The molecule has 0 aromatic heterocycles. The molecular weight excluding hydrogens is 318 g/mol. The first-order valence-electron chi connectivity index (χ1n) is 8.64. The smallest absolute Gasteiger partial charge is 0.162 e. The summed E-state index contributed by atoms with van der Waals surface area (Å²) in [6.07, 6.45) is 9.70. The monoisotopic (exact) mass is 341 g/mol. The lowest BCUT2D eigenvalue weighted by Gasteiger charge is -2.34.